The fraction of sp³-hybridized carbons (Fsp3) is 0.476. The molecule has 2 fully saturated rings. The number of nitrogens with one attached hydrogen (secondary N) is 1. The first-order chi connectivity index (χ1) is 14.1. The van der Waals surface area contributed by atoms with E-state index in [9.17, 15) is 9.18 Å². The Morgan fingerprint density at radius 1 is 1.17 bits per heavy atom. The van der Waals surface area contributed by atoms with E-state index in [0.29, 0.717) is 11.6 Å². The van der Waals surface area contributed by atoms with Crippen LogP contribution in [-0.2, 0) is 11.3 Å². The Hall–Kier alpha value is -2.41. The first-order valence-electron chi connectivity index (χ1n) is 10.1. The topological polar surface area (TPSA) is 61.4 Å². The molecule has 154 valence electrons. The molecule has 0 aliphatic carbocycles. The van der Waals surface area contributed by atoms with Crippen LogP contribution in [0, 0.1) is 11.7 Å². The van der Waals surface area contributed by atoms with Gasteiger partial charge in [-0.3, -0.25) is 4.79 Å². The highest BCUT2D eigenvalue weighted by molar-refractivity contribution is 6.31. The number of rotatable bonds is 5. The van der Waals surface area contributed by atoms with Crippen LogP contribution in [0.4, 0.5) is 15.9 Å². The molecular formula is C21H25ClFN5O. The van der Waals surface area contributed by atoms with Crippen molar-refractivity contribution < 1.29 is 9.18 Å². The van der Waals surface area contributed by atoms with Crippen LogP contribution in [0.5, 0.6) is 0 Å². The second kappa shape index (κ2) is 8.95. The summed E-state index contributed by atoms with van der Waals surface area (Å²) >= 11 is 6.04. The monoisotopic (exact) mass is 417 g/mol. The number of amides is 1. The summed E-state index contributed by atoms with van der Waals surface area (Å²) < 4.78 is 13.2. The van der Waals surface area contributed by atoms with E-state index < -0.39 is 0 Å². The van der Waals surface area contributed by atoms with Gasteiger partial charge in [0.15, 0.2) is 5.82 Å². The number of hydrogen-bond donors (Lipinski definition) is 1. The molecule has 6 nitrogen and oxygen atoms in total. The first kappa shape index (κ1) is 19.9. The van der Waals surface area contributed by atoms with Crippen LogP contribution in [0.1, 0.15) is 31.2 Å². The molecule has 0 unspecified atom stereocenters. The van der Waals surface area contributed by atoms with Crippen LogP contribution in [0.2, 0.25) is 5.02 Å². The highest BCUT2D eigenvalue weighted by Gasteiger charge is 2.28. The maximum absolute atomic E-state index is 13.2. The summed E-state index contributed by atoms with van der Waals surface area (Å²) in [5, 5.41) is 3.27. The number of anilines is 2. The van der Waals surface area contributed by atoms with Crippen molar-refractivity contribution in [1.29, 1.82) is 0 Å². The van der Waals surface area contributed by atoms with Crippen molar-refractivity contribution >= 4 is 29.0 Å². The van der Waals surface area contributed by atoms with E-state index >= 15 is 0 Å². The second-order valence-electron chi connectivity index (χ2n) is 7.64. The third-order valence-electron chi connectivity index (χ3n) is 5.75. The van der Waals surface area contributed by atoms with Crippen molar-refractivity contribution in [3.8, 4) is 0 Å². The van der Waals surface area contributed by atoms with E-state index in [2.05, 4.69) is 25.1 Å². The summed E-state index contributed by atoms with van der Waals surface area (Å²) in [6.07, 6.45) is 7.44. The average Bonchev–Trinajstić information content (AvgIpc) is 3.28. The van der Waals surface area contributed by atoms with Gasteiger partial charge in [-0.1, -0.05) is 17.7 Å². The number of piperidine rings is 1. The number of aromatic nitrogens is 2. The molecule has 2 aliphatic rings. The van der Waals surface area contributed by atoms with E-state index in [0.717, 1.165) is 56.1 Å². The smallest absolute Gasteiger partial charge is 0.223 e. The molecule has 2 aliphatic heterocycles. The van der Waals surface area contributed by atoms with Gasteiger partial charge in [-0.15, -0.1) is 0 Å². The van der Waals surface area contributed by atoms with Crippen molar-refractivity contribution in [2.45, 2.75) is 32.2 Å². The number of benzene rings is 1. The van der Waals surface area contributed by atoms with Crippen LogP contribution >= 0.6 is 11.6 Å². The predicted octanol–water partition coefficient (Wildman–Crippen LogP) is 3.40. The summed E-state index contributed by atoms with van der Waals surface area (Å²) in [5.74, 6) is 0.612. The summed E-state index contributed by atoms with van der Waals surface area (Å²) in [6, 6.07) is 4.23. The second-order valence-corrected chi connectivity index (χ2v) is 8.05. The van der Waals surface area contributed by atoms with Crippen LogP contribution in [0.3, 0.4) is 0 Å². The van der Waals surface area contributed by atoms with Crippen molar-refractivity contribution in [1.82, 2.24) is 15.3 Å². The highest BCUT2D eigenvalue weighted by atomic mass is 35.5. The van der Waals surface area contributed by atoms with Gasteiger partial charge in [0, 0.05) is 43.7 Å². The lowest BCUT2D eigenvalue weighted by Crippen LogP contribution is -2.41. The molecule has 0 saturated carbocycles. The molecule has 0 atom stereocenters. The van der Waals surface area contributed by atoms with Crippen LogP contribution in [0.15, 0.2) is 30.7 Å². The lowest BCUT2D eigenvalue weighted by Gasteiger charge is -2.34. The summed E-state index contributed by atoms with van der Waals surface area (Å²) in [4.78, 5) is 25.9. The SMILES string of the molecule is O=C(NCc1ccc(F)cc1Cl)C1CCN(c2cncnc2N2CCCC2)CC1. The van der Waals surface area contributed by atoms with Crippen LogP contribution in [-0.4, -0.2) is 42.1 Å². The Balaban J connectivity index is 1.33. The molecule has 2 aromatic rings. The van der Waals surface area contributed by atoms with E-state index in [4.69, 9.17) is 11.6 Å². The van der Waals surface area contributed by atoms with Crippen molar-refractivity contribution in [3.05, 3.63) is 47.1 Å². The molecule has 1 N–H and O–H groups in total. The Morgan fingerprint density at radius 2 is 1.93 bits per heavy atom. The first-order valence-corrected chi connectivity index (χ1v) is 10.5. The molecule has 8 heteroatoms. The van der Waals surface area contributed by atoms with E-state index in [1.807, 2.05) is 6.20 Å². The average molecular weight is 418 g/mol. The van der Waals surface area contributed by atoms with Crippen molar-refractivity contribution in [2.24, 2.45) is 5.92 Å². The van der Waals surface area contributed by atoms with Gasteiger partial charge in [0.25, 0.3) is 0 Å². The summed E-state index contributed by atoms with van der Waals surface area (Å²) in [7, 11) is 0. The molecule has 1 aromatic carbocycles. The molecule has 2 saturated heterocycles. The lowest BCUT2D eigenvalue weighted by molar-refractivity contribution is -0.125. The summed E-state index contributed by atoms with van der Waals surface area (Å²) in [5.41, 5.74) is 1.78. The molecule has 29 heavy (non-hydrogen) atoms. The van der Waals surface area contributed by atoms with Gasteiger partial charge in [-0.25, -0.2) is 14.4 Å². The fourth-order valence-electron chi connectivity index (χ4n) is 4.09. The highest BCUT2D eigenvalue weighted by Crippen LogP contribution is 2.31. The van der Waals surface area contributed by atoms with Crippen molar-refractivity contribution in [3.63, 3.8) is 0 Å². The quantitative estimate of drug-likeness (QED) is 0.807. The molecule has 0 radical (unpaired) electrons. The largest absolute Gasteiger partial charge is 0.367 e. The maximum Gasteiger partial charge on any atom is 0.223 e. The van der Waals surface area contributed by atoms with Gasteiger partial charge in [-0.05, 0) is 43.4 Å². The number of nitrogens with zero attached hydrogens (tertiary/aromatic N) is 4. The molecular weight excluding hydrogens is 393 g/mol. The minimum atomic E-state index is -0.379. The molecule has 1 aromatic heterocycles. The van der Waals surface area contributed by atoms with E-state index in [1.165, 1.54) is 25.0 Å². The molecule has 0 bridgehead atoms. The van der Waals surface area contributed by atoms with Gasteiger partial charge in [0.1, 0.15) is 12.1 Å². The predicted molar refractivity (Wildman–Crippen MR) is 112 cm³/mol. The third kappa shape index (κ3) is 4.61. The zero-order valence-corrected chi connectivity index (χ0v) is 17.0. The normalized spacial score (nSPS) is 17.6. The van der Waals surface area contributed by atoms with Crippen LogP contribution in [0.25, 0.3) is 0 Å². The number of hydrogen-bond acceptors (Lipinski definition) is 5. The molecule has 0 spiro atoms. The Kier molecular flexibility index (Phi) is 6.13. The third-order valence-corrected chi connectivity index (χ3v) is 6.10. The number of carbonyl (C=O) groups excluding carboxylic acids is 1. The molecule has 3 heterocycles. The zero-order chi connectivity index (χ0) is 20.2. The van der Waals surface area contributed by atoms with Gasteiger partial charge in [0.2, 0.25) is 5.91 Å². The Morgan fingerprint density at radius 3 is 2.66 bits per heavy atom. The van der Waals surface area contributed by atoms with Crippen molar-refractivity contribution in [2.75, 3.05) is 36.0 Å². The van der Waals surface area contributed by atoms with E-state index in [1.54, 1.807) is 12.4 Å². The summed E-state index contributed by atoms with van der Waals surface area (Å²) in [6.45, 7) is 3.97. The maximum atomic E-state index is 13.2. The zero-order valence-electron chi connectivity index (χ0n) is 16.3. The van der Waals surface area contributed by atoms with E-state index in [-0.39, 0.29) is 17.6 Å². The fourth-order valence-corrected chi connectivity index (χ4v) is 4.32. The Labute approximate surface area is 175 Å². The molecule has 1 amide bonds. The van der Waals surface area contributed by atoms with Gasteiger partial charge in [0.05, 0.1) is 11.9 Å². The molecule has 4 rings (SSSR count). The minimum Gasteiger partial charge on any atom is -0.367 e. The van der Waals surface area contributed by atoms with Crippen LogP contribution < -0.4 is 15.1 Å². The van der Waals surface area contributed by atoms with Gasteiger partial charge < -0.3 is 15.1 Å². The number of carbonyl (C=O) groups is 1. The van der Waals surface area contributed by atoms with Gasteiger partial charge in [-0.2, -0.15) is 0 Å². The lowest BCUT2D eigenvalue weighted by atomic mass is 9.95. The standard InChI is InChI=1S/C21H25ClFN5O/c22-18-11-17(23)4-3-16(18)12-25-21(29)15-5-9-27(10-6-15)19-13-24-14-26-20(19)28-7-1-2-8-28/h3-4,11,13-15H,1-2,5-10,12H2,(H,25,29). The number of halogens is 2. The minimum absolute atomic E-state index is 0.0223. The van der Waals surface area contributed by atoms with Gasteiger partial charge >= 0.3 is 0 Å². The Bertz CT molecular complexity index is 866.